The summed E-state index contributed by atoms with van der Waals surface area (Å²) < 4.78 is 5.40. The van der Waals surface area contributed by atoms with Crippen molar-refractivity contribution >= 4 is 0 Å². The first-order valence-electron chi connectivity index (χ1n) is 3.61. The first kappa shape index (κ1) is 5.69. The van der Waals surface area contributed by atoms with Gasteiger partial charge < -0.3 is 4.74 Å². The summed E-state index contributed by atoms with van der Waals surface area (Å²) in [4.78, 5) is 2.40. The van der Waals surface area contributed by atoms with Crippen LogP contribution in [0.15, 0.2) is 0 Å². The molecule has 2 aliphatic heterocycles. The predicted octanol–water partition coefficient (Wildman–Crippen LogP) is 0.335. The zero-order chi connectivity index (χ0) is 6.43. The molecule has 2 aliphatic rings. The highest BCUT2D eigenvalue weighted by Crippen LogP contribution is 2.31. The van der Waals surface area contributed by atoms with Crippen LogP contribution in [0, 0.1) is 5.92 Å². The lowest BCUT2D eigenvalue weighted by molar-refractivity contribution is -0.102. The lowest BCUT2D eigenvalue weighted by atomic mass is 10.0. The van der Waals surface area contributed by atoms with Crippen molar-refractivity contribution in [3.05, 3.63) is 0 Å². The Bertz CT molecular complexity index is 112. The minimum absolute atomic E-state index is 0.565. The van der Waals surface area contributed by atoms with Crippen LogP contribution in [-0.2, 0) is 4.74 Å². The highest BCUT2D eigenvalue weighted by Gasteiger charge is 2.44. The van der Waals surface area contributed by atoms with Gasteiger partial charge in [0, 0.05) is 6.54 Å². The van der Waals surface area contributed by atoms with E-state index in [2.05, 4.69) is 18.9 Å². The minimum atomic E-state index is 0.565. The lowest BCUT2D eigenvalue weighted by Gasteiger charge is -2.35. The van der Waals surface area contributed by atoms with E-state index < -0.39 is 0 Å². The monoisotopic (exact) mass is 127 g/mol. The number of likely N-dealkylation sites (tertiary alicyclic amines) is 1. The van der Waals surface area contributed by atoms with Gasteiger partial charge >= 0.3 is 0 Å². The van der Waals surface area contributed by atoms with Crippen LogP contribution < -0.4 is 0 Å². The molecule has 0 radical (unpaired) electrons. The first-order chi connectivity index (χ1) is 4.29. The van der Waals surface area contributed by atoms with Crippen molar-refractivity contribution in [2.75, 3.05) is 20.2 Å². The molecule has 0 aromatic heterocycles. The molecule has 2 fully saturated rings. The van der Waals surface area contributed by atoms with Crippen molar-refractivity contribution in [1.29, 1.82) is 0 Å². The molecular formula is C7H13NO. The molecule has 3 atom stereocenters. The topological polar surface area (TPSA) is 12.5 Å². The molecule has 0 aliphatic carbocycles. The third-order valence-corrected chi connectivity index (χ3v) is 2.54. The average molecular weight is 127 g/mol. The molecule has 9 heavy (non-hydrogen) atoms. The summed E-state index contributed by atoms with van der Waals surface area (Å²) in [5, 5.41) is 0. The van der Waals surface area contributed by atoms with Crippen LogP contribution >= 0.6 is 0 Å². The number of fused-ring (bicyclic) bond motifs is 1. The number of hydrogen-bond donors (Lipinski definition) is 0. The second-order valence-electron chi connectivity index (χ2n) is 3.28. The van der Waals surface area contributed by atoms with Crippen molar-refractivity contribution in [1.82, 2.24) is 4.90 Å². The predicted molar refractivity (Wildman–Crippen MR) is 35.3 cm³/mol. The van der Waals surface area contributed by atoms with Crippen molar-refractivity contribution in [3.8, 4) is 0 Å². The molecular weight excluding hydrogens is 114 g/mol. The summed E-state index contributed by atoms with van der Waals surface area (Å²) in [6.07, 6.45) is 0.565. The highest BCUT2D eigenvalue weighted by atomic mass is 16.5. The van der Waals surface area contributed by atoms with Gasteiger partial charge in [0.2, 0.25) is 0 Å². The third kappa shape index (κ3) is 0.634. The molecule has 2 heterocycles. The quantitative estimate of drug-likeness (QED) is 0.465. The van der Waals surface area contributed by atoms with Crippen LogP contribution in [0.3, 0.4) is 0 Å². The molecule has 0 saturated carbocycles. The van der Waals surface area contributed by atoms with Crippen molar-refractivity contribution in [2.24, 2.45) is 5.92 Å². The van der Waals surface area contributed by atoms with Gasteiger partial charge in [-0.25, -0.2) is 0 Å². The summed E-state index contributed by atoms with van der Waals surface area (Å²) in [6.45, 7) is 4.45. The number of nitrogens with zero attached hydrogens (tertiary/aromatic N) is 1. The van der Waals surface area contributed by atoms with E-state index in [-0.39, 0.29) is 0 Å². The van der Waals surface area contributed by atoms with Crippen molar-refractivity contribution in [2.45, 2.75) is 19.1 Å². The second-order valence-corrected chi connectivity index (χ2v) is 3.28. The minimum Gasteiger partial charge on any atom is -0.374 e. The standard InChI is InChI=1S/C7H13NO/c1-5-3-8(2)6-4-9-7(5)6/h5-7H,3-4H2,1-2H3/t5-,6-,7-/m0/s1. The molecule has 2 rings (SSSR count). The summed E-state index contributed by atoms with van der Waals surface area (Å²) >= 11 is 0. The Balaban J connectivity index is 2.08. The molecule has 0 spiro atoms. The Morgan fingerprint density at radius 1 is 1.56 bits per heavy atom. The molecule has 2 saturated heterocycles. The summed E-state index contributed by atoms with van der Waals surface area (Å²) in [6, 6.07) is 0.750. The van der Waals surface area contributed by atoms with Gasteiger partial charge in [-0.1, -0.05) is 6.92 Å². The van der Waals surface area contributed by atoms with Crippen LogP contribution in [0.4, 0.5) is 0 Å². The van der Waals surface area contributed by atoms with E-state index in [1.165, 1.54) is 6.54 Å². The van der Waals surface area contributed by atoms with Crippen LogP contribution in [0.1, 0.15) is 6.92 Å². The van der Waals surface area contributed by atoms with Gasteiger partial charge in [-0.3, -0.25) is 4.90 Å². The molecule has 0 unspecified atom stereocenters. The SMILES string of the molecule is C[C@H]1CN(C)[C@H]2CO[C@@H]12. The summed E-state index contributed by atoms with van der Waals surface area (Å²) in [5.74, 6) is 0.758. The zero-order valence-electron chi connectivity index (χ0n) is 6.00. The Morgan fingerprint density at radius 2 is 2.33 bits per heavy atom. The smallest absolute Gasteiger partial charge is 0.0791 e. The first-order valence-corrected chi connectivity index (χ1v) is 3.61. The number of likely N-dealkylation sites (N-methyl/N-ethyl adjacent to an activating group) is 1. The fourth-order valence-corrected chi connectivity index (χ4v) is 1.91. The zero-order valence-corrected chi connectivity index (χ0v) is 6.00. The van der Waals surface area contributed by atoms with Crippen LogP contribution in [0.2, 0.25) is 0 Å². The average Bonchev–Trinajstić information content (AvgIpc) is 1.73. The van der Waals surface area contributed by atoms with Gasteiger partial charge in [0.25, 0.3) is 0 Å². The molecule has 0 N–H and O–H groups in total. The van der Waals surface area contributed by atoms with E-state index >= 15 is 0 Å². The highest BCUT2D eigenvalue weighted by molar-refractivity contribution is 4.96. The van der Waals surface area contributed by atoms with E-state index in [9.17, 15) is 0 Å². The van der Waals surface area contributed by atoms with Gasteiger partial charge in [-0.05, 0) is 13.0 Å². The lowest BCUT2D eigenvalue weighted by Crippen LogP contribution is -2.48. The molecule has 0 bridgehead atoms. The van der Waals surface area contributed by atoms with Gasteiger partial charge in [-0.2, -0.15) is 0 Å². The van der Waals surface area contributed by atoms with E-state index in [0.717, 1.165) is 18.6 Å². The van der Waals surface area contributed by atoms with Crippen LogP contribution in [0.25, 0.3) is 0 Å². The van der Waals surface area contributed by atoms with Crippen molar-refractivity contribution < 1.29 is 4.74 Å². The van der Waals surface area contributed by atoms with Crippen molar-refractivity contribution in [3.63, 3.8) is 0 Å². The Hall–Kier alpha value is -0.0800. The van der Waals surface area contributed by atoms with Crippen LogP contribution in [-0.4, -0.2) is 37.2 Å². The molecule has 52 valence electrons. The number of hydrogen-bond acceptors (Lipinski definition) is 2. The third-order valence-electron chi connectivity index (χ3n) is 2.54. The fourth-order valence-electron chi connectivity index (χ4n) is 1.91. The number of rotatable bonds is 0. The van der Waals surface area contributed by atoms with E-state index in [1.54, 1.807) is 0 Å². The van der Waals surface area contributed by atoms with Gasteiger partial charge in [-0.15, -0.1) is 0 Å². The fraction of sp³-hybridized carbons (Fsp3) is 1.00. The summed E-state index contributed by atoms with van der Waals surface area (Å²) in [5.41, 5.74) is 0. The maximum absolute atomic E-state index is 5.40. The number of ether oxygens (including phenoxy) is 1. The maximum atomic E-state index is 5.40. The molecule has 0 amide bonds. The Kier molecular flexibility index (Phi) is 1.08. The van der Waals surface area contributed by atoms with Gasteiger partial charge in [0.1, 0.15) is 0 Å². The van der Waals surface area contributed by atoms with Crippen LogP contribution in [0.5, 0.6) is 0 Å². The maximum Gasteiger partial charge on any atom is 0.0791 e. The molecule has 0 aromatic carbocycles. The van der Waals surface area contributed by atoms with E-state index in [4.69, 9.17) is 4.74 Å². The molecule has 2 heteroatoms. The Labute approximate surface area is 55.8 Å². The molecule has 0 aromatic rings. The van der Waals surface area contributed by atoms with E-state index in [1.807, 2.05) is 0 Å². The molecule has 2 nitrogen and oxygen atoms in total. The van der Waals surface area contributed by atoms with Gasteiger partial charge in [0.05, 0.1) is 18.8 Å². The normalized spacial score (nSPS) is 50.7. The largest absolute Gasteiger partial charge is 0.374 e. The second kappa shape index (κ2) is 1.70. The van der Waals surface area contributed by atoms with Gasteiger partial charge in [0.15, 0.2) is 0 Å². The van der Waals surface area contributed by atoms with E-state index in [0.29, 0.717) is 6.10 Å². The summed E-state index contributed by atoms with van der Waals surface area (Å²) in [7, 11) is 2.18. The Morgan fingerprint density at radius 3 is 2.56 bits per heavy atom.